The van der Waals surface area contributed by atoms with Crippen molar-refractivity contribution >= 4 is 40.0 Å². The lowest BCUT2D eigenvalue weighted by molar-refractivity contribution is 0.0472. The molecule has 4 heteroatoms. The Morgan fingerprint density at radius 3 is 2.24 bits per heavy atom. The fraction of sp³-hybridized carbons (Fsp3) is 0.162. The third-order valence-electron chi connectivity index (χ3n) is 7.08. The lowest BCUT2D eigenvalue weighted by atomic mass is 9.89. The van der Waals surface area contributed by atoms with Crippen LogP contribution in [-0.2, 0) is 17.8 Å². The summed E-state index contributed by atoms with van der Waals surface area (Å²) in [7, 11) is 0. The molecule has 0 atom stereocenters. The van der Waals surface area contributed by atoms with E-state index in [0.717, 1.165) is 58.0 Å². The molecule has 0 saturated heterocycles. The Hall–Kier alpha value is -4.34. The lowest BCUT2D eigenvalue weighted by Gasteiger charge is -2.17. The van der Waals surface area contributed by atoms with E-state index in [1.165, 1.54) is 5.56 Å². The van der Waals surface area contributed by atoms with Crippen LogP contribution in [0.5, 0.6) is 5.75 Å². The maximum Gasteiger partial charge on any atom is 0.339 e. The van der Waals surface area contributed by atoms with Gasteiger partial charge in [-0.15, -0.1) is 0 Å². The molecule has 3 nitrogen and oxygen atoms in total. The summed E-state index contributed by atoms with van der Waals surface area (Å²) in [5.41, 5.74) is 5.77. The van der Waals surface area contributed by atoms with Crippen LogP contribution in [0.1, 0.15) is 52.4 Å². The van der Waals surface area contributed by atoms with Gasteiger partial charge in [-0.1, -0.05) is 110 Å². The van der Waals surface area contributed by atoms with Gasteiger partial charge in [0.05, 0.1) is 12.2 Å². The molecule has 0 bridgehead atoms. The van der Waals surface area contributed by atoms with Gasteiger partial charge in [0.15, 0.2) is 0 Å². The Morgan fingerprint density at radius 2 is 1.49 bits per heavy atom. The number of rotatable bonds is 11. The Labute approximate surface area is 247 Å². The number of hydrogen-bond donors (Lipinski definition) is 0. The highest BCUT2D eigenvalue weighted by atomic mass is 35.5. The average Bonchev–Trinajstić information content (AvgIpc) is 3.02. The van der Waals surface area contributed by atoms with Crippen molar-refractivity contribution in [3.8, 4) is 5.75 Å². The van der Waals surface area contributed by atoms with Crippen molar-refractivity contribution < 1.29 is 14.3 Å². The van der Waals surface area contributed by atoms with Crippen molar-refractivity contribution in [3.05, 3.63) is 148 Å². The highest BCUT2D eigenvalue weighted by molar-refractivity contribution is 6.30. The Kier molecular flexibility index (Phi) is 9.51. The predicted molar refractivity (Wildman–Crippen MR) is 169 cm³/mol. The Bertz CT molecular complexity index is 1620. The molecular formula is C37H33ClO3. The van der Waals surface area contributed by atoms with Gasteiger partial charge in [-0.05, 0) is 88.2 Å². The second kappa shape index (κ2) is 13.8. The number of benzene rings is 5. The lowest BCUT2D eigenvalue weighted by Crippen LogP contribution is -2.09. The summed E-state index contributed by atoms with van der Waals surface area (Å²) in [5.74, 6) is 0.513. The molecular weight excluding hydrogens is 528 g/mol. The zero-order chi connectivity index (χ0) is 28.4. The number of carbonyl (C=O) groups excluding carboxylic acids is 1. The van der Waals surface area contributed by atoms with Crippen LogP contribution in [0.4, 0.5) is 0 Å². The fourth-order valence-corrected chi connectivity index (χ4v) is 5.01. The summed E-state index contributed by atoms with van der Waals surface area (Å²) in [4.78, 5) is 13.6. The summed E-state index contributed by atoms with van der Waals surface area (Å²) >= 11 is 6.02. The van der Waals surface area contributed by atoms with Crippen LogP contribution < -0.4 is 4.74 Å². The zero-order valence-electron chi connectivity index (χ0n) is 23.2. The smallest absolute Gasteiger partial charge is 0.339 e. The average molecular weight is 561 g/mol. The molecule has 0 aromatic heterocycles. The molecule has 0 aliphatic rings. The monoisotopic (exact) mass is 560 g/mol. The van der Waals surface area contributed by atoms with Gasteiger partial charge >= 0.3 is 5.97 Å². The first-order valence-corrected chi connectivity index (χ1v) is 14.4. The van der Waals surface area contributed by atoms with E-state index in [1.54, 1.807) is 12.1 Å². The minimum absolute atomic E-state index is 0.171. The van der Waals surface area contributed by atoms with Crippen molar-refractivity contribution in [2.75, 3.05) is 6.61 Å². The second-order valence-corrected chi connectivity index (χ2v) is 10.4. The van der Waals surface area contributed by atoms with Crippen LogP contribution in [0.3, 0.4) is 0 Å². The largest absolute Gasteiger partial charge is 0.494 e. The van der Waals surface area contributed by atoms with Gasteiger partial charge in [-0.3, -0.25) is 0 Å². The first-order chi connectivity index (χ1) is 20.1. The van der Waals surface area contributed by atoms with Gasteiger partial charge in [0.1, 0.15) is 12.4 Å². The van der Waals surface area contributed by atoms with Crippen LogP contribution in [0.15, 0.2) is 115 Å². The minimum Gasteiger partial charge on any atom is -0.494 e. The van der Waals surface area contributed by atoms with Crippen molar-refractivity contribution in [1.82, 2.24) is 0 Å². The van der Waals surface area contributed by atoms with Gasteiger partial charge in [-0.25, -0.2) is 4.79 Å². The minimum atomic E-state index is -0.355. The molecule has 5 aromatic carbocycles. The van der Waals surface area contributed by atoms with Gasteiger partial charge in [0.2, 0.25) is 0 Å². The summed E-state index contributed by atoms with van der Waals surface area (Å²) in [6, 6.07) is 37.9. The molecule has 0 aliphatic carbocycles. The van der Waals surface area contributed by atoms with Gasteiger partial charge < -0.3 is 9.47 Å². The summed E-state index contributed by atoms with van der Waals surface area (Å²) in [6.45, 7) is 2.88. The maximum absolute atomic E-state index is 13.6. The molecule has 0 amide bonds. The van der Waals surface area contributed by atoms with Gasteiger partial charge in [-0.2, -0.15) is 0 Å². The zero-order valence-corrected chi connectivity index (χ0v) is 23.9. The number of carbonyl (C=O) groups is 1. The van der Waals surface area contributed by atoms with Crippen LogP contribution in [-0.4, -0.2) is 12.6 Å². The number of allylic oxidation sites excluding steroid dienone is 1. The SMILES string of the molecule is CCc1ccc(OCCC/C(=C/c2ccccc2)c2c(C(=O)OCc3ccc(Cl)cc3)ccc3ccccc23)cc1. The van der Waals surface area contributed by atoms with Crippen LogP contribution >= 0.6 is 11.6 Å². The van der Waals surface area contributed by atoms with Crippen LogP contribution in [0.25, 0.3) is 22.4 Å². The van der Waals surface area contributed by atoms with E-state index in [1.807, 2.05) is 66.7 Å². The summed E-state index contributed by atoms with van der Waals surface area (Å²) in [5, 5.41) is 2.74. The van der Waals surface area contributed by atoms with E-state index in [0.29, 0.717) is 17.2 Å². The molecule has 0 saturated carbocycles. The molecule has 0 heterocycles. The van der Waals surface area contributed by atoms with E-state index in [2.05, 4.69) is 49.4 Å². The van der Waals surface area contributed by atoms with Gasteiger partial charge in [0.25, 0.3) is 0 Å². The Morgan fingerprint density at radius 1 is 0.780 bits per heavy atom. The highest BCUT2D eigenvalue weighted by Gasteiger charge is 2.19. The van der Waals surface area contributed by atoms with E-state index in [-0.39, 0.29) is 12.6 Å². The first-order valence-electron chi connectivity index (χ1n) is 14.0. The van der Waals surface area contributed by atoms with Crippen molar-refractivity contribution in [3.63, 3.8) is 0 Å². The number of esters is 1. The predicted octanol–water partition coefficient (Wildman–Crippen LogP) is 9.81. The molecule has 0 unspecified atom stereocenters. The molecule has 206 valence electrons. The normalized spacial score (nSPS) is 11.4. The van der Waals surface area contributed by atoms with E-state index in [4.69, 9.17) is 21.1 Å². The van der Waals surface area contributed by atoms with E-state index < -0.39 is 0 Å². The molecule has 0 spiro atoms. The molecule has 0 fully saturated rings. The second-order valence-electron chi connectivity index (χ2n) is 9.94. The van der Waals surface area contributed by atoms with Crippen molar-refractivity contribution in [2.45, 2.75) is 32.8 Å². The quantitative estimate of drug-likeness (QED) is 0.0916. The van der Waals surface area contributed by atoms with Crippen molar-refractivity contribution in [1.29, 1.82) is 0 Å². The highest BCUT2D eigenvalue weighted by Crippen LogP contribution is 2.34. The molecule has 5 rings (SSSR count). The number of halogens is 1. The summed E-state index contributed by atoms with van der Waals surface area (Å²) < 4.78 is 11.9. The van der Waals surface area contributed by atoms with E-state index >= 15 is 0 Å². The van der Waals surface area contributed by atoms with Crippen molar-refractivity contribution in [2.24, 2.45) is 0 Å². The summed E-state index contributed by atoms with van der Waals surface area (Å²) in [6.07, 6.45) is 4.70. The molecule has 41 heavy (non-hydrogen) atoms. The standard InChI is InChI=1S/C37H33ClO3/c1-2-27-16-21-33(22-17-27)40-24-8-12-31(25-28-9-4-3-5-10-28)36-34-13-7-6-11-30(34)18-23-35(36)37(39)41-26-29-14-19-32(38)20-15-29/h3-7,9-11,13-23,25H,2,8,12,24,26H2,1H3/b31-25-. The maximum atomic E-state index is 13.6. The Balaban J connectivity index is 1.45. The molecule has 0 radical (unpaired) electrons. The number of aryl methyl sites for hydroxylation is 1. The van der Waals surface area contributed by atoms with E-state index in [9.17, 15) is 4.79 Å². The van der Waals surface area contributed by atoms with Crippen LogP contribution in [0, 0.1) is 0 Å². The fourth-order valence-electron chi connectivity index (χ4n) is 4.89. The first kappa shape index (κ1) is 28.2. The number of hydrogen-bond acceptors (Lipinski definition) is 3. The molecule has 0 N–H and O–H groups in total. The van der Waals surface area contributed by atoms with Gasteiger partial charge in [0, 0.05) is 5.02 Å². The third kappa shape index (κ3) is 7.45. The van der Waals surface area contributed by atoms with Crippen LogP contribution in [0.2, 0.25) is 5.02 Å². The number of ether oxygens (including phenoxy) is 2. The third-order valence-corrected chi connectivity index (χ3v) is 7.34. The number of fused-ring (bicyclic) bond motifs is 1. The molecule has 0 aliphatic heterocycles. The molecule has 5 aromatic rings. The topological polar surface area (TPSA) is 35.5 Å².